The Morgan fingerprint density at radius 3 is 2.16 bits per heavy atom. The number of hydrogen-bond donors (Lipinski definition) is 0. The SMILES string of the molecule is CCCCCCC#CCc1ccc(C(C)(C)C)cc1. The molecule has 0 N–H and O–H groups in total. The summed E-state index contributed by atoms with van der Waals surface area (Å²) < 4.78 is 0. The Balaban J connectivity index is 2.36. The van der Waals surface area contributed by atoms with Crippen LogP contribution >= 0.6 is 0 Å². The van der Waals surface area contributed by atoms with Crippen molar-refractivity contribution in [1.82, 2.24) is 0 Å². The molecule has 0 saturated carbocycles. The second-order valence-electron chi connectivity index (χ2n) is 6.29. The van der Waals surface area contributed by atoms with Gasteiger partial charge in [0.25, 0.3) is 0 Å². The van der Waals surface area contributed by atoms with Crippen LogP contribution in [0.2, 0.25) is 0 Å². The summed E-state index contributed by atoms with van der Waals surface area (Å²) in [6, 6.07) is 8.90. The Hall–Kier alpha value is -1.22. The van der Waals surface area contributed by atoms with E-state index in [-0.39, 0.29) is 5.41 Å². The minimum absolute atomic E-state index is 0.240. The average molecular weight is 256 g/mol. The third-order valence-corrected chi connectivity index (χ3v) is 3.39. The monoisotopic (exact) mass is 256 g/mol. The zero-order valence-electron chi connectivity index (χ0n) is 13.1. The van der Waals surface area contributed by atoms with Gasteiger partial charge in [-0.1, -0.05) is 77.1 Å². The molecule has 1 aromatic carbocycles. The molecule has 0 heterocycles. The van der Waals surface area contributed by atoms with E-state index in [4.69, 9.17) is 0 Å². The molecule has 0 spiro atoms. The van der Waals surface area contributed by atoms with Crippen molar-refractivity contribution in [1.29, 1.82) is 0 Å². The van der Waals surface area contributed by atoms with Crippen LogP contribution in [0.1, 0.15) is 70.9 Å². The highest BCUT2D eigenvalue weighted by atomic mass is 14.2. The summed E-state index contributed by atoms with van der Waals surface area (Å²) in [4.78, 5) is 0. The maximum absolute atomic E-state index is 3.29. The zero-order valence-corrected chi connectivity index (χ0v) is 13.1. The highest BCUT2D eigenvalue weighted by molar-refractivity contribution is 5.29. The molecule has 0 amide bonds. The molecule has 0 aliphatic rings. The molecule has 0 aromatic heterocycles. The smallest absolute Gasteiger partial charge is 0.0340 e. The normalized spacial score (nSPS) is 10.9. The van der Waals surface area contributed by atoms with Gasteiger partial charge in [0.05, 0.1) is 0 Å². The first-order chi connectivity index (χ1) is 9.04. The number of unbranched alkanes of at least 4 members (excludes halogenated alkanes) is 4. The fraction of sp³-hybridized carbons (Fsp3) is 0.579. The first-order valence-electron chi connectivity index (χ1n) is 7.59. The van der Waals surface area contributed by atoms with Gasteiger partial charge >= 0.3 is 0 Å². The van der Waals surface area contributed by atoms with Gasteiger partial charge in [-0.25, -0.2) is 0 Å². The van der Waals surface area contributed by atoms with Crippen LogP contribution in [0.4, 0.5) is 0 Å². The van der Waals surface area contributed by atoms with Crippen molar-refractivity contribution < 1.29 is 0 Å². The van der Waals surface area contributed by atoms with Crippen molar-refractivity contribution in [2.45, 2.75) is 71.6 Å². The van der Waals surface area contributed by atoms with E-state index in [1.54, 1.807) is 0 Å². The Bertz CT molecular complexity index is 406. The molecule has 0 atom stereocenters. The Morgan fingerprint density at radius 1 is 0.895 bits per heavy atom. The van der Waals surface area contributed by atoms with E-state index in [0.717, 1.165) is 12.8 Å². The van der Waals surface area contributed by atoms with Crippen molar-refractivity contribution in [3.8, 4) is 11.8 Å². The summed E-state index contributed by atoms with van der Waals surface area (Å²) in [5.41, 5.74) is 2.96. The van der Waals surface area contributed by atoms with E-state index in [0.29, 0.717) is 0 Å². The minimum Gasteiger partial charge on any atom is -0.103 e. The van der Waals surface area contributed by atoms with Crippen molar-refractivity contribution in [3.05, 3.63) is 35.4 Å². The summed E-state index contributed by atoms with van der Waals surface area (Å²) in [5.74, 6) is 6.57. The first kappa shape index (κ1) is 15.8. The molecule has 19 heavy (non-hydrogen) atoms. The van der Waals surface area contributed by atoms with Gasteiger partial charge in [-0.2, -0.15) is 0 Å². The molecule has 0 radical (unpaired) electrons. The van der Waals surface area contributed by atoms with Crippen LogP contribution in [0.15, 0.2) is 24.3 Å². The molecular weight excluding hydrogens is 228 g/mol. The molecule has 1 aromatic rings. The van der Waals surface area contributed by atoms with Gasteiger partial charge in [-0.05, 0) is 23.0 Å². The molecule has 0 saturated heterocycles. The van der Waals surface area contributed by atoms with Crippen molar-refractivity contribution in [2.24, 2.45) is 0 Å². The van der Waals surface area contributed by atoms with Crippen LogP contribution in [0, 0.1) is 11.8 Å². The molecule has 0 heteroatoms. The van der Waals surface area contributed by atoms with Gasteiger partial charge in [-0.3, -0.25) is 0 Å². The fourth-order valence-corrected chi connectivity index (χ4v) is 2.02. The van der Waals surface area contributed by atoms with E-state index in [9.17, 15) is 0 Å². The fourth-order valence-electron chi connectivity index (χ4n) is 2.02. The van der Waals surface area contributed by atoms with E-state index in [1.165, 1.54) is 36.8 Å². The molecular formula is C19H28. The highest BCUT2D eigenvalue weighted by Crippen LogP contribution is 2.22. The summed E-state index contributed by atoms with van der Waals surface area (Å²) in [5, 5.41) is 0. The van der Waals surface area contributed by atoms with E-state index < -0.39 is 0 Å². The van der Waals surface area contributed by atoms with Crippen LogP contribution in [-0.2, 0) is 11.8 Å². The lowest BCUT2D eigenvalue weighted by atomic mass is 9.86. The third kappa shape index (κ3) is 6.48. The van der Waals surface area contributed by atoms with Crippen molar-refractivity contribution in [3.63, 3.8) is 0 Å². The van der Waals surface area contributed by atoms with Crippen molar-refractivity contribution in [2.75, 3.05) is 0 Å². The van der Waals surface area contributed by atoms with Crippen molar-refractivity contribution >= 4 is 0 Å². The molecule has 0 unspecified atom stereocenters. The number of hydrogen-bond acceptors (Lipinski definition) is 0. The van der Waals surface area contributed by atoms with E-state index >= 15 is 0 Å². The number of benzene rings is 1. The molecule has 104 valence electrons. The second kappa shape index (κ2) is 8.05. The average Bonchev–Trinajstić information content (AvgIpc) is 2.37. The largest absolute Gasteiger partial charge is 0.103 e. The number of rotatable bonds is 5. The van der Waals surface area contributed by atoms with Crippen LogP contribution in [0.3, 0.4) is 0 Å². The zero-order chi connectivity index (χ0) is 14.1. The Labute approximate surface area is 119 Å². The lowest BCUT2D eigenvalue weighted by Gasteiger charge is -2.18. The third-order valence-electron chi connectivity index (χ3n) is 3.39. The summed E-state index contributed by atoms with van der Waals surface area (Å²) >= 11 is 0. The maximum Gasteiger partial charge on any atom is 0.0340 e. The molecule has 1 rings (SSSR count). The van der Waals surface area contributed by atoms with Gasteiger partial charge in [0.2, 0.25) is 0 Å². The summed E-state index contributed by atoms with van der Waals surface area (Å²) in [7, 11) is 0. The predicted octanol–water partition coefficient (Wildman–Crippen LogP) is 5.50. The molecule has 0 fully saturated rings. The lowest BCUT2D eigenvalue weighted by molar-refractivity contribution is 0.590. The Morgan fingerprint density at radius 2 is 1.58 bits per heavy atom. The molecule has 0 aliphatic heterocycles. The highest BCUT2D eigenvalue weighted by Gasteiger charge is 2.12. The molecule has 0 bridgehead atoms. The van der Waals surface area contributed by atoms with Gasteiger partial charge < -0.3 is 0 Å². The van der Waals surface area contributed by atoms with Gasteiger partial charge in [-0.15, -0.1) is 5.92 Å². The lowest BCUT2D eigenvalue weighted by Crippen LogP contribution is -2.10. The van der Waals surface area contributed by atoms with E-state index in [2.05, 4.69) is 63.8 Å². The van der Waals surface area contributed by atoms with Crippen LogP contribution < -0.4 is 0 Å². The second-order valence-corrected chi connectivity index (χ2v) is 6.29. The van der Waals surface area contributed by atoms with Crippen LogP contribution in [0.5, 0.6) is 0 Å². The summed E-state index contributed by atoms with van der Waals surface area (Å²) in [6.45, 7) is 8.99. The quantitative estimate of drug-likeness (QED) is 0.482. The minimum atomic E-state index is 0.240. The topological polar surface area (TPSA) is 0 Å². The summed E-state index contributed by atoms with van der Waals surface area (Å²) in [6.07, 6.45) is 7.16. The maximum atomic E-state index is 3.29. The van der Waals surface area contributed by atoms with Gasteiger partial charge in [0.15, 0.2) is 0 Å². The van der Waals surface area contributed by atoms with Gasteiger partial charge in [0, 0.05) is 12.8 Å². The standard InChI is InChI=1S/C19H28/c1-5-6-7-8-9-10-11-12-17-13-15-18(16-14-17)19(2,3)4/h13-16H,5-9,12H2,1-4H3. The molecule has 0 aliphatic carbocycles. The first-order valence-corrected chi connectivity index (χ1v) is 7.59. The Kier molecular flexibility index (Phi) is 6.71. The van der Waals surface area contributed by atoms with Crippen LogP contribution in [0.25, 0.3) is 0 Å². The molecule has 0 nitrogen and oxygen atoms in total. The van der Waals surface area contributed by atoms with E-state index in [1.807, 2.05) is 0 Å². The van der Waals surface area contributed by atoms with Crippen LogP contribution in [-0.4, -0.2) is 0 Å². The van der Waals surface area contributed by atoms with Gasteiger partial charge in [0.1, 0.15) is 0 Å². The predicted molar refractivity (Wildman–Crippen MR) is 85.4 cm³/mol.